The van der Waals surface area contributed by atoms with Crippen molar-refractivity contribution in [3.05, 3.63) is 22.8 Å². The molecule has 2 heterocycles. The van der Waals surface area contributed by atoms with Gasteiger partial charge < -0.3 is 4.90 Å². The van der Waals surface area contributed by atoms with Crippen molar-refractivity contribution >= 4 is 31.9 Å². The van der Waals surface area contributed by atoms with Crippen LogP contribution in [0.2, 0.25) is 0 Å². The molecule has 17 heavy (non-hydrogen) atoms. The van der Waals surface area contributed by atoms with E-state index in [0.717, 1.165) is 23.1 Å². The van der Waals surface area contributed by atoms with Gasteiger partial charge in [0.2, 0.25) is 0 Å². The molecule has 1 aromatic rings. The first kappa shape index (κ1) is 12.8. The van der Waals surface area contributed by atoms with Crippen molar-refractivity contribution < 1.29 is 12.6 Å². The lowest BCUT2D eigenvalue weighted by atomic mass is 10.3. The second-order valence-corrected chi connectivity index (χ2v) is 6.51. The Morgan fingerprint density at radius 3 is 2.88 bits per heavy atom. The average molecular weight is 321 g/mol. The Hall–Kier alpha value is -0.660. The zero-order valence-electron chi connectivity index (χ0n) is 9.34. The van der Waals surface area contributed by atoms with Crippen molar-refractivity contribution in [2.45, 2.75) is 12.5 Å². The molecule has 0 spiro atoms. The van der Waals surface area contributed by atoms with Crippen LogP contribution in [0.5, 0.6) is 0 Å². The fraction of sp³-hybridized carbons (Fsp3) is 0.500. The predicted molar refractivity (Wildman–Crippen MR) is 68.5 cm³/mol. The van der Waals surface area contributed by atoms with Crippen LogP contribution in [-0.2, 0) is 14.3 Å². The summed E-state index contributed by atoms with van der Waals surface area (Å²) in [5.74, 6) is 0.841. The van der Waals surface area contributed by atoms with Crippen LogP contribution in [0, 0.1) is 0 Å². The summed E-state index contributed by atoms with van der Waals surface area (Å²) in [6.07, 6.45) is 3.23. The lowest BCUT2D eigenvalue weighted by Crippen LogP contribution is -2.25. The first-order valence-electron chi connectivity index (χ1n) is 5.19. The Labute approximate surface area is 109 Å². The Kier molecular flexibility index (Phi) is 3.70. The van der Waals surface area contributed by atoms with Gasteiger partial charge in [-0.05, 0) is 34.5 Å². The van der Waals surface area contributed by atoms with E-state index in [1.54, 1.807) is 6.20 Å². The zero-order valence-corrected chi connectivity index (χ0v) is 11.7. The van der Waals surface area contributed by atoms with E-state index >= 15 is 0 Å². The SMILES string of the molecule is CS(=O)(=O)O[C@H]1CCN(c2ccc(Br)cn2)C1. The van der Waals surface area contributed by atoms with Gasteiger partial charge in [0.15, 0.2) is 0 Å². The molecule has 0 amide bonds. The molecule has 1 saturated heterocycles. The van der Waals surface area contributed by atoms with Gasteiger partial charge in [-0.15, -0.1) is 0 Å². The molecule has 2 rings (SSSR count). The highest BCUT2D eigenvalue weighted by Gasteiger charge is 2.26. The summed E-state index contributed by atoms with van der Waals surface area (Å²) in [5.41, 5.74) is 0. The van der Waals surface area contributed by atoms with Gasteiger partial charge in [0.1, 0.15) is 5.82 Å². The van der Waals surface area contributed by atoms with Crippen molar-refractivity contribution in [3.8, 4) is 0 Å². The van der Waals surface area contributed by atoms with Crippen LogP contribution in [0.1, 0.15) is 6.42 Å². The summed E-state index contributed by atoms with van der Waals surface area (Å²) < 4.78 is 27.9. The summed E-state index contributed by atoms with van der Waals surface area (Å²) in [6, 6.07) is 3.81. The maximum absolute atomic E-state index is 11.0. The van der Waals surface area contributed by atoms with E-state index < -0.39 is 10.1 Å². The van der Waals surface area contributed by atoms with Crippen LogP contribution in [0.4, 0.5) is 5.82 Å². The molecule has 94 valence electrons. The normalized spacial score (nSPS) is 20.8. The van der Waals surface area contributed by atoms with Crippen molar-refractivity contribution in [3.63, 3.8) is 0 Å². The summed E-state index contributed by atoms with van der Waals surface area (Å²) in [7, 11) is -3.37. The topological polar surface area (TPSA) is 59.5 Å². The number of aromatic nitrogens is 1. The van der Waals surface area contributed by atoms with Crippen LogP contribution in [0.3, 0.4) is 0 Å². The number of anilines is 1. The third-order valence-electron chi connectivity index (χ3n) is 2.49. The minimum Gasteiger partial charge on any atom is -0.354 e. The van der Waals surface area contributed by atoms with Gasteiger partial charge in [0, 0.05) is 23.8 Å². The quantitative estimate of drug-likeness (QED) is 0.788. The lowest BCUT2D eigenvalue weighted by molar-refractivity contribution is 0.234. The predicted octanol–water partition coefficient (Wildman–Crippen LogP) is 1.40. The molecule has 7 heteroatoms. The summed E-state index contributed by atoms with van der Waals surface area (Å²) in [5, 5.41) is 0. The molecule has 1 atom stereocenters. The van der Waals surface area contributed by atoms with Crippen LogP contribution >= 0.6 is 15.9 Å². The van der Waals surface area contributed by atoms with E-state index in [2.05, 4.69) is 20.9 Å². The Bertz CT molecular complexity index is 489. The highest BCUT2D eigenvalue weighted by molar-refractivity contribution is 9.10. The monoisotopic (exact) mass is 320 g/mol. The smallest absolute Gasteiger partial charge is 0.264 e. The average Bonchev–Trinajstić information content (AvgIpc) is 2.64. The minimum atomic E-state index is -3.37. The third kappa shape index (κ3) is 3.65. The molecule has 1 fully saturated rings. The van der Waals surface area contributed by atoms with Crippen LogP contribution < -0.4 is 4.90 Å². The first-order valence-corrected chi connectivity index (χ1v) is 7.80. The second-order valence-electron chi connectivity index (χ2n) is 3.99. The number of halogens is 1. The van der Waals surface area contributed by atoms with E-state index in [-0.39, 0.29) is 6.10 Å². The van der Waals surface area contributed by atoms with Gasteiger partial charge in [-0.1, -0.05) is 0 Å². The standard InChI is InChI=1S/C10H13BrN2O3S/c1-17(14,15)16-9-4-5-13(7-9)10-3-2-8(11)6-12-10/h2-3,6,9H,4-5,7H2,1H3/t9-/m0/s1. The van der Waals surface area contributed by atoms with Crippen LogP contribution in [-0.4, -0.2) is 38.9 Å². The first-order chi connectivity index (χ1) is 7.94. The third-order valence-corrected chi connectivity index (χ3v) is 3.58. The van der Waals surface area contributed by atoms with Crippen molar-refractivity contribution in [2.75, 3.05) is 24.2 Å². The fourth-order valence-corrected chi connectivity index (χ4v) is 2.70. The van der Waals surface area contributed by atoms with Crippen LogP contribution in [0.25, 0.3) is 0 Å². The maximum atomic E-state index is 11.0. The summed E-state index contributed by atoms with van der Waals surface area (Å²) >= 11 is 3.32. The minimum absolute atomic E-state index is 0.268. The highest BCUT2D eigenvalue weighted by Crippen LogP contribution is 2.21. The van der Waals surface area contributed by atoms with E-state index in [0.29, 0.717) is 13.0 Å². The number of pyridine rings is 1. The number of hydrogen-bond acceptors (Lipinski definition) is 5. The van der Waals surface area contributed by atoms with E-state index in [1.165, 1.54) is 0 Å². The molecular weight excluding hydrogens is 308 g/mol. The molecule has 5 nitrogen and oxygen atoms in total. The van der Waals surface area contributed by atoms with Gasteiger partial charge in [0.05, 0.1) is 12.4 Å². The van der Waals surface area contributed by atoms with Crippen LogP contribution in [0.15, 0.2) is 22.8 Å². The van der Waals surface area contributed by atoms with Crippen molar-refractivity contribution in [1.29, 1.82) is 0 Å². The highest BCUT2D eigenvalue weighted by atomic mass is 79.9. The number of nitrogens with zero attached hydrogens (tertiary/aromatic N) is 2. The Morgan fingerprint density at radius 2 is 2.29 bits per heavy atom. The molecule has 0 aliphatic carbocycles. The van der Waals surface area contributed by atoms with Gasteiger partial charge in [-0.25, -0.2) is 4.98 Å². The number of hydrogen-bond donors (Lipinski definition) is 0. The molecule has 0 aromatic carbocycles. The second kappa shape index (κ2) is 4.91. The Balaban J connectivity index is 2.00. The summed E-state index contributed by atoms with van der Waals surface area (Å²) in [4.78, 5) is 6.28. The van der Waals surface area contributed by atoms with Gasteiger partial charge in [-0.2, -0.15) is 8.42 Å². The zero-order chi connectivity index (χ0) is 12.5. The van der Waals surface area contributed by atoms with Gasteiger partial charge in [-0.3, -0.25) is 4.18 Å². The molecule has 1 aliphatic rings. The number of rotatable bonds is 3. The van der Waals surface area contributed by atoms with E-state index in [9.17, 15) is 8.42 Å². The lowest BCUT2D eigenvalue weighted by Gasteiger charge is -2.16. The molecule has 0 saturated carbocycles. The molecule has 0 bridgehead atoms. The Morgan fingerprint density at radius 1 is 1.53 bits per heavy atom. The maximum Gasteiger partial charge on any atom is 0.264 e. The molecule has 0 unspecified atom stereocenters. The molecular formula is C10H13BrN2O3S. The largest absolute Gasteiger partial charge is 0.354 e. The van der Waals surface area contributed by atoms with Crippen molar-refractivity contribution in [1.82, 2.24) is 4.98 Å². The molecule has 0 radical (unpaired) electrons. The fourth-order valence-electron chi connectivity index (χ4n) is 1.82. The molecule has 1 aromatic heterocycles. The van der Waals surface area contributed by atoms with E-state index in [1.807, 2.05) is 17.0 Å². The van der Waals surface area contributed by atoms with E-state index in [4.69, 9.17) is 4.18 Å². The van der Waals surface area contributed by atoms with Crippen molar-refractivity contribution in [2.24, 2.45) is 0 Å². The summed E-state index contributed by atoms with van der Waals surface area (Å²) in [6.45, 7) is 1.32. The van der Waals surface area contributed by atoms with Gasteiger partial charge in [0.25, 0.3) is 10.1 Å². The molecule has 0 N–H and O–H groups in total. The van der Waals surface area contributed by atoms with Gasteiger partial charge >= 0.3 is 0 Å². The molecule has 1 aliphatic heterocycles.